The summed E-state index contributed by atoms with van der Waals surface area (Å²) in [5.74, 6) is -2.29. The molecule has 2 aromatic carbocycles. The Bertz CT molecular complexity index is 714. The van der Waals surface area contributed by atoms with Gasteiger partial charge < -0.3 is 0 Å². The Morgan fingerprint density at radius 1 is 0.909 bits per heavy atom. The van der Waals surface area contributed by atoms with Crippen LogP contribution in [0.15, 0.2) is 54.6 Å². The van der Waals surface area contributed by atoms with E-state index in [-0.39, 0.29) is 29.5 Å². The minimum atomic E-state index is -0.578. The van der Waals surface area contributed by atoms with Gasteiger partial charge in [-0.2, -0.15) is 0 Å². The van der Waals surface area contributed by atoms with Gasteiger partial charge in [-0.1, -0.05) is 49.4 Å². The zero-order chi connectivity index (χ0) is 15.7. The minimum absolute atomic E-state index is 0.286. The molecule has 4 heteroatoms. The van der Waals surface area contributed by atoms with Crippen LogP contribution >= 0.6 is 0 Å². The highest BCUT2D eigenvalue weighted by molar-refractivity contribution is 6.03. The first-order valence-corrected chi connectivity index (χ1v) is 7.23. The van der Waals surface area contributed by atoms with Gasteiger partial charge in [-0.05, 0) is 23.3 Å². The van der Waals surface area contributed by atoms with Crippen molar-refractivity contribution in [3.8, 4) is 0 Å². The van der Waals surface area contributed by atoms with Gasteiger partial charge in [-0.15, -0.1) is 0 Å². The van der Waals surface area contributed by atoms with Crippen molar-refractivity contribution in [1.82, 2.24) is 5.32 Å². The van der Waals surface area contributed by atoms with Crippen LogP contribution in [0, 0.1) is 11.7 Å². The second-order valence-corrected chi connectivity index (χ2v) is 5.61. The Hall–Kier alpha value is -2.49. The van der Waals surface area contributed by atoms with Crippen LogP contribution in [0.2, 0.25) is 0 Å². The van der Waals surface area contributed by atoms with Crippen molar-refractivity contribution >= 4 is 11.8 Å². The zero-order valence-corrected chi connectivity index (χ0v) is 12.1. The Kier molecular flexibility index (Phi) is 3.75. The summed E-state index contributed by atoms with van der Waals surface area (Å²) in [7, 11) is 0. The molecular weight excluding hydrogens is 281 g/mol. The Labute approximate surface area is 128 Å². The average molecular weight is 297 g/mol. The van der Waals surface area contributed by atoms with Crippen LogP contribution in [-0.4, -0.2) is 11.8 Å². The number of amides is 2. The predicted octanol–water partition coefficient (Wildman–Crippen LogP) is 2.99. The highest BCUT2D eigenvalue weighted by atomic mass is 19.1. The topological polar surface area (TPSA) is 46.2 Å². The highest BCUT2D eigenvalue weighted by Crippen LogP contribution is 2.41. The summed E-state index contributed by atoms with van der Waals surface area (Å²) < 4.78 is 13.6. The molecule has 2 aromatic rings. The van der Waals surface area contributed by atoms with Gasteiger partial charge in [0.05, 0.1) is 5.92 Å². The molecule has 112 valence electrons. The largest absolute Gasteiger partial charge is 0.296 e. The molecule has 3 nitrogen and oxygen atoms in total. The number of nitrogens with one attached hydrogen (secondary N) is 1. The molecule has 22 heavy (non-hydrogen) atoms. The van der Waals surface area contributed by atoms with E-state index in [1.807, 2.05) is 30.3 Å². The van der Waals surface area contributed by atoms with E-state index >= 15 is 0 Å². The standard InChI is InChI=1S/C18H16FNO2/c1-11-15(12-6-3-2-4-7-12)16(18(22)20-17(11)21)13-8-5-9-14(19)10-13/h2-11,15-16H,1H3,(H,20,21,22). The lowest BCUT2D eigenvalue weighted by atomic mass is 9.71. The van der Waals surface area contributed by atoms with E-state index in [9.17, 15) is 14.0 Å². The second kappa shape index (κ2) is 5.72. The molecule has 1 heterocycles. The molecule has 1 aliphatic heterocycles. The van der Waals surface area contributed by atoms with Crippen molar-refractivity contribution in [3.63, 3.8) is 0 Å². The fourth-order valence-electron chi connectivity index (χ4n) is 3.14. The number of hydrogen-bond acceptors (Lipinski definition) is 2. The first kappa shape index (κ1) is 14.4. The van der Waals surface area contributed by atoms with Crippen LogP contribution < -0.4 is 5.32 Å². The summed E-state index contributed by atoms with van der Waals surface area (Å²) in [5.41, 5.74) is 1.50. The lowest BCUT2D eigenvalue weighted by Crippen LogP contribution is -2.48. The first-order chi connectivity index (χ1) is 10.6. The van der Waals surface area contributed by atoms with Crippen LogP contribution in [0.3, 0.4) is 0 Å². The lowest BCUT2D eigenvalue weighted by Gasteiger charge is -2.35. The molecule has 1 saturated heterocycles. The minimum Gasteiger partial charge on any atom is -0.296 e. The monoisotopic (exact) mass is 297 g/mol. The third-order valence-electron chi connectivity index (χ3n) is 4.23. The van der Waals surface area contributed by atoms with Crippen molar-refractivity contribution < 1.29 is 14.0 Å². The van der Waals surface area contributed by atoms with E-state index in [0.29, 0.717) is 5.56 Å². The zero-order valence-electron chi connectivity index (χ0n) is 12.1. The van der Waals surface area contributed by atoms with Crippen LogP contribution in [0.5, 0.6) is 0 Å². The van der Waals surface area contributed by atoms with Crippen LogP contribution in [0.1, 0.15) is 29.9 Å². The van der Waals surface area contributed by atoms with Crippen LogP contribution in [0.4, 0.5) is 4.39 Å². The van der Waals surface area contributed by atoms with Crippen LogP contribution in [0.25, 0.3) is 0 Å². The van der Waals surface area contributed by atoms with E-state index in [4.69, 9.17) is 0 Å². The van der Waals surface area contributed by atoms with Gasteiger partial charge in [0.15, 0.2) is 0 Å². The van der Waals surface area contributed by atoms with Crippen molar-refractivity contribution in [2.45, 2.75) is 18.8 Å². The van der Waals surface area contributed by atoms with E-state index in [2.05, 4.69) is 5.32 Å². The number of halogens is 1. The number of hydrogen-bond donors (Lipinski definition) is 1. The molecular formula is C18H16FNO2. The number of imide groups is 1. The maximum Gasteiger partial charge on any atom is 0.234 e. The number of carbonyl (C=O) groups is 2. The van der Waals surface area contributed by atoms with E-state index in [1.165, 1.54) is 12.1 Å². The lowest BCUT2D eigenvalue weighted by molar-refractivity contribution is -0.138. The normalized spacial score (nSPS) is 24.9. The fraction of sp³-hybridized carbons (Fsp3) is 0.222. The molecule has 3 rings (SSSR count). The molecule has 2 amide bonds. The highest BCUT2D eigenvalue weighted by Gasteiger charge is 2.42. The first-order valence-electron chi connectivity index (χ1n) is 7.23. The molecule has 0 saturated carbocycles. The Morgan fingerprint density at radius 3 is 2.27 bits per heavy atom. The maximum atomic E-state index is 13.6. The van der Waals surface area contributed by atoms with E-state index < -0.39 is 5.92 Å². The van der Waals surface area contributed by atoms with Gasteiger partial charge in [-0.25, -0.2) is 4.39 Å². The molecule has 1 N–H and O–H groups in total. The number of benzene rings is 2. The maximum absolute atomic E-state index is 13.6. The predicted molar refractivity (Wildman–Crippen MR) is 80.6 cm³/mol. The van der Waals surface area contributed by atoms with Gasteiger partial charge in [0, 0.05) is 11.8 Å². The quantitative estimate of drug-likeness (QED) is 0.866. The van der Waals surface area contributed by atoms with Gasteiger partial charge in [-0.3, -0.25) is 14.9 Å². The van der Waals surface area contributed by atoms with Gasteiger partial charge in [0.25, 0.3) is 0 Å². The molecule has 3 unspecified atom stereocenters. The van der Waals surface area contributed by atoms with E-state index in [1.54, 1.807) is 19.1 Å². The number of carbonyl (C=O) groups excluding carboxylic acids is 2. The molecule has 1 aliphatic rings. The van der Waals surface area contributed by atoms with Gasteiger partial charge in [0.2, 0.25) is 11.8 Å². The second-order valence-electron chi connectivity index (χ2n) is 5.61. The SMILES string of the molecule is CC1C(=O)NC(=O)C(c2cccc(F)c2)C1c1ccccc1. The third-order valence-corrected chi connectivity index (χ3v) is 4.23. The Morgan fingerprint density at radius 2 is 1.59 bits per heavy atom. The summed E-state index contributed by atoms with van der Waals surface area (Å²) in [6.07, 6.45) is 0. The molecule has 3 atom stereocenters. The third kappa shape index (κ3) is 2.52. The molecule has 0 aromatic heterocycles. The van der Waals surface area contributed by atoms with Crippen molar-refractivity contribution in [2.24, 2.45) is 5.92 Å². The van der Waals surface area contributed by atoms with Gasteiger partial charge in [0.1, 0.15) is 5.82 Å². The van der Waals surface area contributed by atoms with Crippen molar-refractivity contribution in [3.05, 3.63) is 71.5 Å². The summed E-state index contributed by atoms with van der Waals surface area (Å²) in [6, 6.07) is 15.5. The summed E-state index contributed by atoms with van der Waals surface area (Å²) in [5, 5.41) is 2.40. The summed E-state index contributed by atoms with van der Waals surface area (Å²) >= 11 is 0. The fourth-order valence-corrected chi connectivity index (χ4v) is 3.14. The van der Waals surface area contributed by atoms with Crippen LogP contribution in [-0.2, 0) is 9.59 Å². The van der Waals surface area contributed by atoms with E-state index in [0.717, 1.165) is 5.56 Å². The average Bonchev–Trinajstić information content (AvgIpc) is 2.51. The molecule has 0 radical (unpaired) electrons. The van der Waals surface area contributed by atoms with Crippen molar-refractivity contribution in [1.29, 1.82) is 0 Å². The molecule has 0 aliphatic carbocycles. The smallest absolute Gasteiger partial charge is 0.234 e. The molecule has 1 fully saturated rings. The molecule has 0 bridgehead atoms. The van der Waals surface area contributed by atoms with Crippen molar-refractivity contribution in [2.75, 3.05) is 0 Å². The Balaban J connectivity index is 2.11. The number of piperidine rings is 1. The summed E-state index contributed by atoms with van der Waals surface area (Å²) in [6.45, 7) is 1.80. The molecule has 0 spiro atoms. The van der Waals surface area contributed by atoms with Gasteiger partial charge >= 0.3 is 0 Å². The summed E-state index contributed by atoms with van der Waals surface area (Å²) in [4.78, 5) is 24.4. The number of rotatable bonds is 2.